The van der Waals surface area contributed by atoms with Crippen molar-refractivity contribution in [2.24, 2.45) is 5.73 Å². The normalized spacial score (nSPS) is 12.9. The van der Waals surface area contributed by atoms with Gasteiger partial charge >= 0.3 is 0 Å². The highest BCUT2D eigenvalue weighted by Gasteiger charge is 2.10. The van der Waals surface area contributed by atoms with Crippen LogP contribution in [0.2, 0.25) is 0 Å². The minimum absolute atomic E-state index is 0.161. The first-order valence-electron chi connectivity index (χ1n) is 3.94. The summed E-state index contributed by atoms with van der Waals surface area (Å²) in [5, 5.41) is 17.5. The third-order valence-electron chi connectivity index (χ3n) is 1.84. The molecule has 0 aliphatic rings. The average Bonchev–Trinajstić information content (AvgIpc) is 2.17. The Morgan fingerprint density at radius 3 is 2.62 bits per heavy atom. The molecule has 0 aromatic heterocycles. The number of nitrogens with two attached hydrogens (primary N) is 1. The molecule has 1 aromatic carbocycles. The molecule has 1 rings (SSSR count). The fraction of sp³-hybridized carbons (Fsp3) is 0.333. The van der Waals surface area contributed by atoms with Crippen LogP contribution in [0.3, 0.4) is 0 Å². The SMILES string of the molecule is N[C@H](CO)c1cc(CO)ccc1F. The molecule has 0 spiro atoms. The highest BCUT2D eigenvalue weighted by Crippen LogP contribution is 2.16. The second-order valence-electron chi connectivity index (χ2n) is 2.80. The van der Waals surface area contributed by atoms with E-state index >= 15 is 0 Å². The maximum atomic E-state index is 13.1. The summed E-state index contributed by atoms with van der Waals surface area (Å²) >= 11 is 0. The monoisotopic (exact) mass is 185 g/mol. The summed E-state index contributed by atoms with van der Waals surface area (Å²) in [5.74, 6) is -0.459. The lowest BCUT2D eigenvalue weighted by molar-refractivity contribution is 0.264. The summed E-state index contributed by atoms with van der Waals surface area (Å²) in [6.07, 6.45) is 0. The molecule has 4 heteroatoms. The minimum atomic E-state index is -0.730. The van der Waals surface area contributed by atoms with Gasteiger partial charge < -0.3 is 15.9 Å². The van der Waals surface area contributed by atoms with Gasteiger partial charge in [0.1, 0.15) is 5.82 Å². The van der Waals surface area contributed by atoms with Crippen molar-refractivity contribution in [3.05, 3.63) is 35.1 Å². The van der Waals surface area contributed by atoms with Crippen molar-refractivity contribution in [3.63, 3.8) is 0 Å². The maximum absolute atomic E-state index is 13.1. The van der Waals surface area contributed by atoms with Crippen LogP contribution >= 0.6 is 0 Å². The zero-order valence-electron chi connectivity index (χ0n) is 7.07. The molecular weight excluding hydrogens is 173 g/mol. The third kappa shape index (κ3) is 2.24. The van der Waals surface area contributed by atoms with Crippen LogP contribution in [0, 0.1) is 5.82 Å². The van der Waals surface area contributed by atoms with Gasteiger partial charge in [-0.1, -0.05) is 6.07 Å². The van der Waals surface area contributed by atoms with Gasteiger partial charge in [0.05, 0.1) is 19.3 Å². The molecule has 0 bridgehead atoms. The Morgan fingerprint density at radius 2 is 2.08 bits per heavy atom. The van der Waals surface area contributed by atoms with Gasteiger partial charge in [-0.05, 0) is 17.7 Å². The number of aliphatic hydroxyl groups is 2. The topological polar surface area (TPSA) is 66.5 Å². The molecule has 1 atom stereocenters. The van der Waals surface area contributed by atoms with Crippen LogP contribution in [0.15, 0.2) is 18.2 Å². The summed E-state index contributed by atoms with van der Waals surface area (Å²) in [6.45, 7) is -0.475. The predicted octanol–water partition coefficient (Wildman–Crippen LogP) is 0.310. The molecule has 72 valence electrons. The molecule has 0 aliphatic carbocycles. The van der Waals surface area contributed by atoms with E-state index in [-0.39, 0.29) is 18.8 Å². The van der Waals surface area contributed by atoms with Gasteiger partial charge in [-0.2, -0.15) is 0 Å². The van der Waals surface area contributed by atoms with E-state index in [1.165, 1.54) is 18.2 Å². The van der Waals surface area contributed by atoms with Crippen LogP contribution in [0.1, 0.15) is 17.2 Å². The predicted molar refractivity (Wildman–Crippen MR) is 46.3 cm³/mol. The fourth-order valence-electron chi connectivity index (χ4n) is 1.07. The number of rotatable bonds is 3. The molecular formula is C9H12FNO2. The number of halogens is 1. The first-order valence-corrected chi connectivity index (χ1v) is 3.94. The van der Waals surface area contributed by atoms with Crippen LogP contribution < -0.4 is 5.73 Å². The molecule has 4 N–H and O–H groups in total. The smallest absolute Gasteiger partial charge is 0.128 e. The van der Waals surface area contributed by atoms with E-state index < -0.39 is 11.9 Å². The quantitative estimate of drug-likeness (QED) is 0.635. The lowest BCUT2D eigenvalue weighted by Gasteiger charge is -2.10. The van der Waals surface area contributed by atoms with Gasteiger partial charge in [-0.15, -0.1) is 0 Å². The number of hydrogen-bond acceptors (Lipinski definition) is 3. The summed E-state index contributed by atoms with van der Waals surface area (Å²) in [7, 11) is 0. The van der Waals surface area contributed by atoms with E-state index in [0.717, 1.165) is 0 Å². The van der Waals surface area contributed by atoms with Gasteiger partial charge in [-0.25, -0.2) is 4.39 Å². The largest absolute Gasteiger partial charge is 0.394 e. The average molecular weight is 185 g/mol. The van der Waals surface area contributed by atoms with E-state index in [4.69, 9.17) is 15.9 Å². The zero-order chi connectivity index (χ0) is 9.84. The highest BCUT2D eigenvalue weighted by molar-refractivity contribution is 5.27. The molecule has 0 aliphatic heterocycles. The number of benzene rings is 1. The van der Waals surface area contributed by atoms with E-state index in [9.17, 15) is 4.39 Å². The van der Waals surface area contributed by atoms with Crippen molar-refractivity contribution < 1.29 is 14.6 Å². The lowest BCUT2D eigenvalue weighted by atomic mass is 10.0. The molecule has 0 fully saturated rings. The molecule has 3 nitrogen and oxygen atoms in total. The molecule has 0 saturated carbocycles. The van der Waals surface area contributed by atoms with Gasteiger partial charge in [0.15, 0.2) is 0 Å². The van der Waals surface area contributed by atoms with Crippen LogP contribution in [0.4, 0.5) is 4.39 Å². The van der Waals surface area contributed by atoms with Gasteiger partial charge in [0.25, 0.3) is 0 Å². The Labute approximate surface area is 75.6 Å². The molecule has 0 unspecified atom stereocenters. The van der Waals surface area contributed by atoms with Gasteiger partial charge in [0.2, 0.25) is 0 Å². The highest BCUT2D eigenvalue weighted by atomic mass is 19.1. The summed E-state index contributed by atoms with van der Waals surface area (Å²) < 4.78 is 13.1. The second kappa shape index (κ2) is 4.32. The lowest BCUT2D eigenvalue weighted by Crippen LogP contribution is -2.16. The molecule has 0 saturated heterocycles. The molecule has 0 radical (unpaired) electrons. The zero-order valence-corrected chi connectivity index (χ0v) is 7.07. The standard InChI is InChI=1S/C9H12FNO2/c10-8-2-1-6(4-12)3-7(8)9(11)5-13/h1-3,9,12-13H,4-5,11H2/t9-/m1/s1. The van der Waals surface area contributed by atoms with E-state index in [1.807, 2.05) is 0 Å². The Kier molecular flexibility index (Phi) is 3.36. The summed E-state index contributed by atoms with van der Waals surface area (Å²) in [5.41, 5.74) is 6.26. The van der Waals surface area contributed by atoms with E-state index in [2.05, 4.69) is 0 Å². The van der Waals surface area contributed by atoms with Crippen molar-refractivity contribution in [2.75, 3.05) is 6.61 Å². The van der Waals surface area contributed by atoms with Gasteiger partial charge in [-0.3, -0.25) is 0 Å². The van der Waals surface area contributed by atoms with Crippen molar-refractivity contribution in [1.29, 1.82) is 0 Å². The third-order valence-corrected chi connectivity index (χ3v) is 1.84. The van der Waals surface area contributed by atoms with Crippen molar-refractivity contribution in [3.8, 4) is 0 Å². The molecule has 13 heavy (non-hydrogen) atoms. The number of aliphatic hydroxyl groups excluding tert-OH is 2. The van der Waals surface area contributed by atoms with Crippen LogP contribution in [-0.4, -0.2) is 16.8 Å². The minimum Gasteiger partial charge on any atom is -0.394 e. The Morgan fingerprint density at radius 1 is 1.38 bits per heavy atom. The van der Waals surface area contributed by atoms with Crippen LogP contribution in [0.25, 0.3) is 0 Å². The van der Waals surface area contributed by atoms with Crippen molar-refractivity contribution in [1.82, 2.24) is 0 Å². The summed E-state index contributed by atoms with van der Waals surface area (Å²) in [4.78, 5) is 0. The Balaban J connectivity index is 3.03. The van der Waals surface area contributed by atoms with E-state index in [1.54, 1.807) is 0 Å². The molecule has 1 aromatic rings. The number of hydrogen-bond donors (Lipinski definition) is 3. The maximum Gasteiger partial charge on any atom is 0.128 e. The van der Waals surface area contributed by atoms with E-state index in [0.29, 0.717) is 5.56 Å². The van der Waals surface area contributed by atoms with Crippen LogP contribution in [0.5, 0.6) is 0 Å². The first kappa shape index (κ1) is 10.1. The van der Waals surface area contributed by atoms with Crippen molar-refractivity contribution >= 4 is 0 Å². The van der Waals surface area contributed by atoms with Crippen molar-refractivity contribution in [2.45, 2.75) is 12.6 Å². The molecule has 0 amide bonds. The van der Waals surface area contributed by atoms with Gasteiger partial charge in [0, 0.05) is 5.56 Å². The Bertz CT molecular complexity index is 291. The molecule has 0 heterocycles. The van der Waals surface area contributed by atoms with Crippen LogP contribution in [-0.2, 0) is 6.61 Å². The Hall–Kier alpha value is -0.970. The summed E-state index contributed by atoms with van der Waals surface area (Å²) in [6, 6.07) is 3.43. The first-order chi connectivity index (χ1) is 6.19. The second-order valence-corrected chi connectivity index (χ2v) is 2.80. The fourth-order valence-corrected chi connectivity index (χ4v) is 1.07.